The van der Waals surface area contributed by atoms with Gasteiger partial charge < -0.3 is 25.0 Å². The molecule has 0 radical (unpaired) electrons. The van der Waals surface area contributed by atoms with E-state index in [2.05, 4.69) is 5.32 Å². The van der Waals surface area contributed by atoms with Crippen molar-refractivity contribution in [3.63, 3.8) is 0 Å². The molecule has 0 bridgehead atoms. The van der Waals surface area contributed by atoms with Crippen molar-refractivity contribution in [3.05, 3.63) is 23.8 Å². The van der Waals surface area contributed by atoms with Crippen molar-refractivity contribution in [1.29, 1.82) is 0 Å². The molecule has 1 amide bonds. The number of hydrogen-bond donors (Lipinski definition) is 3. The first-order chi connectivity index (χ1) is 10.1. The molecule has 0 saturated carbocycles. The molecule has 7 heteroatoms. The molecule has 0 saturated heterocycles. The maximum atomic E-state index is 12.1. The molecule has 21 heavy (non-hydrogen) atoms. The zero-order valence-electron chi connectivity index (χ0n) is 11.4. The van der Waals surface area contributed by atoms with Gasteiger partial charge >= 0.3 is 5.97 Å². The normalized spacial score (nSPS) is 14.9. The molecular formula is C14H17NO6. The van der Waals surface area contributed by atoms with Crippen LogP contribution in [0.2, 0.25) is 0 Å². The second kappa shape index (κ2) is 6.94. The lowest BCUT2D eigenvalue weighted by molar-refractivity contribution is -0.139. The summed E-state index contributed by atoms with van der Waals surface area (Å²) in [6.45, 7) is 0.731. The van der Waals surface area contributed by atoms with Crippen LogP contribution >= 0.6 is 0 Å². The first kappa shape index (κ1) is 15.1. The van der Waals surface area contributed by atoms with Gasteiger partial charge in [-0.3, -0.25) is 4.79 Å². The fourth-order valence-electron chi connectivity index (χ4n) is 1.93. The Hall–Kier alpha value is -2.28. The number of benzene rings is 1. The standard InChI is InChI=1S/C14H17NO6/c16-5-4-10(14(18)19)15-13(17)9-2-3-11-12(8-9)21-7-1-6-20-11/h2-3,8,10,16H,1,4-7H2,(H,15,17)(H,18,19). The zero-order chi connectivity index (χ0) is 15.2. The van der Waals surface area contributed by atoms with Gasteiger partial charge in [-0.15, -0.1) is 0 Å². The molecule has 2 rings (SSSR count). The molecule has 0 aromatic heterocycles. The van der Waals surface area contributed by atoms with Crippen molar-refractivity contribution in [2.75, 3.05) is 19.8 Å². The van der Waals surface area contributed by atoms with Gasteiger partial charge in [0.25, 0.3) is 5.91 Å². The molecule has 1 aliphatic rings. The number of rotatable bonds is 5. The van der Waals surface area contributed by atoms with E-state index >= 15 is 0 Å². The maximum Gasteiger partial charge on any atom is 0.326 e. The SMILES string of the molecule is O=C(NC(CCO)C(=O)O)c1ccc2c(c1)OCCCO2. The number of aliphatic hydroxyl groups excluding tert-OH is 1. The van der Waals surface area contributed by atoms with Gasteiger partial charge in [0, 0.05) is 25.0 Å². The quantitative estimate of drug-likeness (QED) is 0.727. The summed E-state index contributed by atoms with van der Waals surface area (Å²) < 4.78 is 10.9. The second-order valence-electron chi connectivity index (χ2n) is 4.59. The van der Waals surface area contributed by atoms with E-state index in [0.29, 0.717) is 24.7 Å². The number of carbonyl (C=O) groups excluding carboxylic acids is 1. The van der Waals surface area contributed by atoms with E-state index in [1.165, 1.54) is 6.07 Å². The van der Waals surface area contributed by atoms with Gasteiger partial charge in [0.1, 0.15) is 6.04 Å². The van der Waals surface area contributed by atoms with Gasteiger partial charge in [0.05, 0.1) is 13.2 Å². The van der Waals surface area contributed by atoms with Crippen molar-refractivity contribution in [2.45, 2.75) is 18.9 Å². The second-order valence-corrected chi connectivity index (χ2v) is 4.59. The Balaban J connectivity index is 2.12. The Morgan fingerprint density at radius 1 is 1.24 bits per heavy atom. The topological polar surface area (TPSA) is 105 Å². The van der Waals surface area contributed by atoms with Crippen LogP contribution in [0.3, 0.4) is 0 Å². The predicted octanol–water partition coefficient (Wildman–Crippen LogP) is 0.413. The zero-order valence-corrected chi connectivity index (χ0v) is 11.4. The lowest BCUT2D eigenvalue weighted by Gasteiger charge is -2.14. The van der Waals surface area contributed by atoms with Gasteiger partial charge in [-0.2, -0.15) is 0 Å². The Labute approximate surface area is 121 Å². The van der Waals surface area contributed by atoms with Gasteiger partial charge in [0.2, 0.25) is 0 Å². The Morgan fingerprint density at radius 2 is 1.95 bits per heavy atom. The molecule has 1 heterocycles. The van der Waals surface area contributed by atoms with E-state index in [4.69, 9.17) is 19.7 Å². The molecule has 1 aliphatic heterocycles. The number of carboxylic acids is 1. The van der Waals surface area contributed by atoms with Gasteiger partial charge in [0.15, 0.2) is 11.5 Å². The highest BCUT2D eigenvalue weighted by molar-refractivity contribution is 5.97. The van der Waals surface area contributed by atoms with Crippen LogP contribution in [0.4, 0.5) is 0 Å². The average Bonchev–Trinajstić information content (AvgIpc) is 2.70. The van der Waals surface area contributed by atoms with Crippen molar-refractivity contribution in [2.24, 2.45) is 0 Å². The number of aliphatic hydroxyl groups is 1. The molecule has 1 atom stereocenters. The first-order valence-corrected chi connectivity index (χ1v) is 6.66. The third-order valence-electron chi connectivity index (χ3n) is 3.03. The number of fused-ring (bicyclic) bond motifs is 1. The fraction of sp³-hybridized carbons (Fsp3) is 0.429. The molecule has 0 spiro atoms. The lowest BCUT2D eigenvalue weighted by Crippen LogP contribution is -2.41. The van der Waals surface area contributed by atoms with E-state index in [1.807, 2.05) is 0 Å². The van der Waals surface area contributed by atoms with Crippen molar-refractivity contribution in [3.8, 4) is 11.5 Å². The van der Waals surface area contributed by atoms with Crippen molar-refractivity contribution >= 4 is 11.9 Å². The fourth-order valence-corrected chi connectivity index (χ4v) is 1.93. The molecule has 1 aromatic rings. The highest BCUT2D eigenvalue weighted by Crippen LogP contribution is 2.30. The smallest absolute Gasteiger partial charge is 0.326 e. The monoisotopic (exact) mass is 295 g/mol. The van der Waals surface area contributed by atoms with Crippen molar-refractivity contribution < 1.29 is 29.3 Å². The first-order valence-electron chi connectivity index (χ1n) is 6.66. The number of nitrogens with one attached hydrogen (secondary N) is 1. The van der Waals surface area contributed by atoms with Gasteiger partial charge in [-0.25, -0.2) is 4.79 Å². The Bertz CT molecular complexity index is 530. The summed E-state index contributed by atoms with van der Waals surface area (Å²) in [6, 6.07) is 3.56. The van der Waals surface area contributed by atoms with Gasteiger partial charge in [-0.05, 0) is 18.2 Å². The summed E-state index contributed by atoms with van der Waals surface area (Å²) in [7, 11) is 0. The Kier molecular flexibility index (Phi) is 4.99. The van der Waals surface area contributed by atoms with E-state index in [0.717, 1.165) is 6.42 Å². The minimum Gasteiger partial charge on any atom is -0.490 e. The van der Waals surface area contributed by atoms with E-state index in [1.54, 1.807) is 12.1 Å². The van der Waals surface area contributed by atoms with Crippen LogP contribution in [-0.4, -0.2) is 48.0 Å². The van der Waals surface area contributed by atoms with Crippen LogP contribution < -0.4 is 14.8 Å². The number of carboxylic acid groups (broad SMARTS) is 1. The summed E-state index contributed by atoms with van der Waals surface area (Å²) in [5.74, 6) is -0.693. The van der Waals surface area contributed by atoms with Crippen LogP contribution in [-0.2, 0) is 4.79 Å². The number of ether oxygens (including phenoxy) is 2. The summed E-state index contributed by atoms with van der Waals surface area (Å²) in [4.78, 5) is 23.0. The molecule has 114 valence electrons. The van der Waals surface area contributed by atoms with E-state index < -0.39 is 17.9 Å². The predicted molar refractivity (Wildman–Crippen MR) is 72.6 cm³/mol. The molecule has 0 fully saturated rings. The number of amides is 1. The third-order valence-corrected chi connectivity index (χ3v) is 3.03. The average molecular weight is 295 g/mol. The van der Waals surface area contributed by atoms with Crippen LogP contribution in [0.5, 0.6) is 11.5 Å². The summed E-state index contributed by atoms with van der Waals surface area (Å²) in [6.07, 6.45) is 0.708. The maximum absolute atomic E-state index is 12.1. The largest absolute Gasteiger partial charge is 0.490 e. The van der Waals surface area contributed by atoms with Crippen LogP contribution in [0.25, 0.3) is 0 Å². The molecule has 1 aromatic carbocycles. The minimum atomic E-state index is -1.19. The number of hydrogen-bond acceptors (Lipinski definition) is 5. The van der Waals surface area contributed by atoms with E-state index in [9.17, 15) is 9.59 Å². The van der Waals surface area contributed by atoms with Crippen molar-refractivity contribution in [1.82, 2.24) is 5.32 Å². The number of carbonyl (C=O) groups is 2. The lowest BCUT2D eigenvalue weighted by atomic mass is 10.1. The molecular weight excluding hydrogens is 278 g/mol. The third kappa shape index (κ3) is 3.85. The minimum absolute atomic E-state index is 0.0500. The summed E-state index contributed by atoms with van der Waals surface area (Å²) in [5.41, 5.74) is 0.281. The summed E-state index contributed by atoms with van der Waals surface area (Å²) in [5, 5.41) is 20.1. The van der Waals surface area contributed by atoms with Crippen LogP contribution in [0.15, 0.2) is 18.2 Å². The molecule has 0 aliphatic carbocycles. The summed E-state index contributed by atoms with van der Waals surface area (Å²) >= 11 is 0. The Morgan fingerprint density at radius 3 is 2.62 bits per heavy atom. The highest BCUT2D eigenvalue weighted by atomic mass is 16.5. The molecule has 7 nitrogen and oxygen atoms in total. The van der Waals surface area contributed by atoms with Crippen LogP contribution in [0, 0.1) is 0 Å². The molecule has 1 unspecified atom stereocenters. The van der Waals surface area contributed by atoms with E-state index in [-0.39, 0.29) is 18.6 Å². The van der Waals surface area contributed by atoms with Crippen LogP contribution in [0.1, 0.15) is 23.2 Å². The molecule has 3 N–H and O–H groups in total. The number of aliphatic carboxylic acids is 1. The highest BCUT2D eigenvalue weighted by Gasteiger charge is 2.21. The van der Waals surface area contributed by atoms with Gasteiger partial charge in [-0.1, -0.05) is 0 Å².